The van der Waals surface area contributed by atoms with Crippen LogP contribution in [-0.4, -0.2) is 35.0 Å². The van der Waals surface area contributed by atoms with Gasteiger partial charge in [-0.3, -0.25) is 9.59 Å². The molecule has 1 aliphatic rings. The SMILES string of the molecule is C=CCC1(C(=O)O)CCN(C(=O)c2cc(C#N)ccc2Cl)CC1. The number of amides is 1. The van der Waals surface area contributed by atoms with Gasteiger partial charge >= 0.3 is 5.97 Å². The lowest BCUT2D eigenvalue weighted by Gasteiger charge is -2.38. The van der Waals surface area contributed by atoms with E-state index in [9.17, 15) is 14.7 Å². The fourth-order valence-corrected chi connectivity index (χ4v) is 3.05. The Balaban J connectivity index is 2.17. The van der Waals surface area contributed by atoms with Gasteiger partial charge in [-0.05, 0) is 37.5 Å². The van der Waals surface area contributed by atoms with Crippen molar-refractivity contribution in [3.8, 4) is 6.07 Å². The number of benzene rings is 1. The quantitative estimate of drug-likeness (QED) is 0.859. The lowest BCUT2D eigenvalue weighted by molar-refractivity contribution is -0.151. The smallest absolute Gasteiger partial charge is 0.310 e. The van der Waals surface area contributed by atoms with Gasteiger partial charge < -0.3 is 10.0 Å². The third-order valence-corrected chi connectivity index (χ3v) is 4.65. The van der Waals surface area contributed by atoms with E-state index in [1.807, 2.05) is 6.07 Å². The van der Waals surface area contributed by atoms with Gasteiger partial charge in [0.1, 0.15) is 0 Å². The maximum atomic E-state index is 12.6. The number of likely N-dealkylation sites (tertiary alicyclic amines) is 1. The molecule has 0 unspecified atom stereocenters. The van der Waals surface area contributed by atoms with Crippen molar-refractivity contribution in [2.75, 3.05) is 13.1 Å². The van der Waals surface area contributed by atoms with E-state index < -0.39 is 11.4 Å². The van der Waals surface area contributed by atoms with E-state index in [2.05, 4.69) is 6.58 Å². The van der Waals surface area contributed by atoms with E-state index in [-0.39, 0.29) is 16.5 Å². The van der Waals surface area contributed by atoms with Crippen LogP contribution in [0.15, 0.2) is 30.9 Å². The Morgan fingerprint density at radius 3 is 2.61 bits per heavy atom. The number of hydrogen-bond acceptors (Lipinski definition) is 3. The van der Waals surface area contributed by atoms with Crippen LogP contribution in [0, 0.1) is 16.7 Å². The molecule has 1 aromatic rings. The molecule has 1 amide bonds. The van der Waals surface area contributed by atoms with Crippen molar-refractivity contribution in [3.05, 3.63) is 47.0 Å². The highest BCUT2D eigenvalue weighted by molar-refractivity contribution is 6.33. The number of rotatable bonds is 4. The second-order valence-electron chi connectivity index (χ2n) is 5.68. The summed E-state index contributed by atoms with van der Waals surface area (Å²) in [6.45, 7) is 4.30. The highest BCUT2D eigenvalue weighted by Gasteiger charge is 2.41. The molecule has 1 N–H and O–H groups in total. The van der Waals surface area contributed by atoms with Gasteiger partial charge in [-0.2, -0.15) is 5.26 Å². The fourth-order valence-electron chi connectivity index (χ4n) is 2.85. The molecular formula is C17H17ClN2O3. The lowest BCUT2D eigenvalue weighted by atomic mass is 9.75. The zero-order valence-corrected chi connectivity index (χ0v) is 13.3. The van der Waals surface area contributed by atoms with Crippen LogP contribution in [0.2, 0.25) is 5.02 Å². The van der Waals surface area contributed by atoms with Crippen LogP contribution >= 0.6 is 11.6 Å². The van der Waals surface area contributed by atoms with Gasteiger partial charge in [-0.15, -0.1) is 6.58 Å². The number of carboxylic acid groups (broad SMARTS) is 1. The normalized spacial score (nSPS) is 16.4. The minimum atomic E-state index is -0.853. The largest absolute Gasteiger partial charge is 0.481 e. The first kappa shape index (κ1) is 17.0. The number of allylic oxidation sites excluding steroid dienone is 1. The van der Waals surface area contributed by atoms with Crippen LogP contribution in [0.3, 0.4) is 0 Å². The summed E-state index contributed by atoms with van der Waals surface area (Å²) in [5.74, 6) is -1.13. The highest BCUT2D eigenvalue weighted by atomic mass is 35.5. The summed E-state index contributed by atoms with van der Waals surface area (Å²) in [6.07, 6.45) is 2.74. The van der Waals surface area contributed by atoms with Crippen molar-refractivity contribution < 1.29 is 14.7 Å². The summed E-state index contributed by atoms with van der Waals surface area (Å²) in [5, 5.41) is 18.7. The third-order valence-electron chi connectivity index (χ3n) is 4.32. The summed E-state index contributed by atoms with van der Waals surface area (Å²) in [5.41, 5.74) is -0.213. The molecule has 1 fully saturated rings. The number of piperidine rings is 1. The molecule has 0 aromatic heterocycles. The van der Waals surface area contributed by atoms with E-state index >= 15 is 0 Å². The monoisotopic (exact) mass is 332 g/mol. The summed E-state index contributed by atoms with van der Waals surface area (Å²) >= 11 is 6.06. The molecule has 23 heavy (non-hydrogen) atoms. The number of carboxylic acids is 1. The number of hydrogen-bond donors (Lipinski definition) is 1. The average Bonchev–Trinajstić information content (AvgIpc) is 2.55. The number of nitriles is 1. The Labute approximate surface area is 139 Å². The number of halogens is 1. The van der Waals surface area contributed by atoms with Crippen molar-refractivity contribution in [1.29, 1.82) is 5.26 Å². The summed E-state index contributed by atoms with van der Waals surface area (Å²) < 4.78 is 0. The van der Waals surface area contributed by atoms with Crippen molar-refractivity contribution in [2.24, 2.45) is 5.41 Å². The number of nitrogens with zero attached hydrogens (tertiary/aromatic N) is 2. The molecule has 1 heterocycles. The van der Waals surface area contributed by atoms with Crippen molar-refractivity contribution in [1.82, 2.24) is 4.90 Å². The molecule has 1 saturated heterocycles. The molecule has 0 radical (unpaired) electrons. The molecule has 0 spiro atoms. The maximum absolute atomic E-state index is 12.6. The molecule has 120 valence electrons. The van der Waals surface area contributed by atoms with Gasteiger partial charge in [-0.1, -0.05) is 17.7 Å². The second-order valence-corrected chi connectivity index (χ2v) is 6.08. The molecule has 1 aliphatic heterocycles. The van der Waals surface area contributed by atoms with E-state index in [0.29, 0.717) is 37.9 Å². The molecule has 1 aromatic carbocycles. The average molecular weight is 333 g/mol. The van der Waals surface area contributed by atoms with Crippen molar-refractivity contribution in [3.63, 3.8) is 0 Å². The molecule has 0 aliphatic carbocycles. The Kier molecular flexibility index (Phi) is 5.07. The third kappa shape index (κ3) is 3.38. The zero-order chi connectivity index (χ0) is 17.0. The van der Waals surface area contributed by atoms with Gasteiger partial charge in [-0.25, -0.2) is 0 Å². The van der Waals surface area contributed by atoms with Crippen LogP contribution in [0.5, 0.6) is 0 Å². The van der Waals surface area contributed by atoms with Crippen LogP contribution < -0.4 is 0 Å². The van der Waals surface area contributed by atoms with Crippen molar-refractivity contribution >= 4 is 23.5 Å². The minimum Gasteiger partial charge on any atom is -0.481 e. The van der Waals surface area contributed by atoms with Gasteiger partial charge in [0.05, 0.1) is 27.6 Å². The number of carbonyl (C=O) groups is 2. The van der Waals surface area contributed by atoms with E-state index in [1.54, 1.807) is 17.0 Å². The van der Waals surface area contributed by atoms with Gasteiger partial charge in [0.15, 0.2) is 0 Å². The molecule has 6 heteroatoms. The first-order valence-corrected chi connectivity index (χ1v) is 7.64. The molecule has 5 nitrogen and oxygen atoms in total. The first-order chi connectivity index (χ1) is 10.9. The van der Waals surface area contributed by atoms with E-state index in [1.165, 1.54) is 12.1 Å². The second kappa shape index (κ2) is 6.84. The predicted octanol–water partition coefficient (Wildman–Crippen LogP) is 3.09. The van der Waals surface area contributed by atoms with Crippen LogP contribution in [0.1, 0.15) is 35.2 Å². The zero-order valence-electron chi connectivity index (χ0n) is 12.6. The van der Waals surface area contributed by atoms with E-state index in [0.717, 1.165) is 0 Å². The molecule has 2 rings (SSSR count). The maximum Gasteiger partial charge on any atom is 0.310 e. The van der Waals surface area contributed by atoms with Crippen molar-refractivity contribution in [2.45, 2.75) is 19.3 Å². The lowest BCUT2D eigenvalue weighted by Crippen LogP contribution is -2.46. The Morgan fingerprint density at radius 1 is 1.43 bits per heavy atom. The highest BCUT2D eigenvalue weighted by Crippen LogP contribution is 2.36. The minimum absolute atomic E-state index is 0.273. The number of aliphatic carboxylic acids is 1. The summed E-state index contributed by atoms with van der Waals surface area (Å²) in [4.78, 5) is 25.7. The molecule has 0 saturated carbocycles. The van der Waals surface area contributed by atoms with Gasteiger partial charge in [0, 0.05) is 13.1 Å². The Morgan fingerprint density at radius 2 is 2.09 bits per heavy atom. The molecular weight excluding hydrogens is 316 g/mol. The molecule has 0 atom stereocenters. The van der Waals surface area contributed by atoms with Crippen LogP contribution in [-0.2, 0) is 4.79 Å². The summed E-state index contributed by atoms with van der Waals surface area (Å²) in [6, 6.07) is 6.52. The van der Waals surface area contributed by atoms with Crippen LogP contribution in [0.4, 0.5) is 0 Å². The molecule has 0 bridgehead atoms. The van der Waals surface area contributed by atoms with Crippen LogP contribution in [0.25, 0.3) is 0 Å². The Bertz CT molecular complexity index is 686. The topological polar surface area (TPSA) is 81.4 Å². The first-order valence-electron chi connectivity index (χ1n) is 7.27. The van der Waals surface area contributed by atoms with E-state index in [4.69, 9.17) is 16.9 Å². The standard InChI is InChI=1S/C17H17ClN2O3/c1-2-5-17(16(22)23)6-8-20(9-7-17)15(21)13-10-12(11-19)3-4-14(13)18/h2-4,10H,1,5-9H2,(H,22,23). The summed E-state index contributed by atoms with van der Waals surface area (Å²) in [7, 11) is 0. The van der Waals surface area contributed by atoms with Gasteiger partial charge in [0.25, 0.3) is 5.91 Å². The van der Waals surface area contributed by atoms with Gasteiger partial charge in [0.2, 0.25) is 0 Å². The Hall–Kier alpha value is -2.32. The fraction of sp³-hybridized carbons (Fsp3) is 0.353. The number of carbonyl (C=O) groups excluding carboxylic acids is 1. The predicted molar refractivity (Wildman–Crippen MR) is 86.2 cm³/mol.